The van der Waals surface area contributed by atoms with Crippen LogP contribution < -0.4 is 5.32 Å². The highest BCUT2D eigenvalue weighted by molar-refractivity contribution is 5.78. The Labute approximate surface area is 84.1 Å². The number of carbonyl (C=O) groups is 2. The van der Waals surface area contributed by atoms with Gasteiger partial charge in [0.2, 0.25) is 5.91 Å². The third kappa shape index (κ3) is 4.81. The molecule has 0 saturated heterocycles. The Bertz CT molecular complexity index is 221. The van der Waals surface area contributed by atoms with Crippen molar-refractivity contribution in [3.05, 3.63) is 0 Å². The molecule has 0 atom stereocenters. The second-order valence-electron chi connectivity index (χ2n) is 4.09. The lowest BCUT2D eigenvalue weighted by Crippen LogP contribution is -2.48. The van der Waals surface area contributed by atoms with Crippen molar-refractivity contribution in [3.63, 3.8) is 0 Å². The van der Waals surface area contributed by atoms with Gasteiger partial charge in [-0.3, -0.25) is 14.5 Å². The maximum Gasteiger partial charge on any atom is 0.317 e. The van der Waals surface area contributed by atoms with Gasteiger partial charge in [-0.15, -0.1) is 0 Å². The number of carboxylic acids is 1. The predicted octanol–water partition coefficient (Wildman–Crippen LogP) is -0.0825. The first-order chi connectivity index (χ1) is 6.27. The summed E-state index contributed by atoms with van der Waals surface area (Å²) < 4.78 is 0. The van der Waals surface area contributed by atoms with Crippen LogP contribution in [0.1, 0.15) is 20.8 Å². The molecule has 0 aromatic rings. The van der Waals surface area contributed by atoms with Crippen LogP contribution in [0.5, 0.6) is 0 Å². The van der Waals surface area contributed by atoms with E-state index in [-0.39, 0.29) is 24.5 Å². The number of likely N-dealkylation sites (N-methyl/N-ethyl adjacent to an activating group) is 1. The minimum absolute atomic E-state index is 0.103. The van der Waals surface area contributed by atoms with E-state index < -0.39 is 5.97 Å². The summed E-state index contributed by atoms with van der Waals surface area (Å²) in [5.74, 6) is -1.11. The fourth-order valence-electron chi connectivity index (χ4n) is 0.946. The number of rotatable bonds is 4. The molecule has 0 aliphatic rings. The average molecular weight is 202 g/mol. The Balaban J connectivity index is 4.41. The highest BCUT2D eigenvalue weighted by Gasteiger charge is 2.25. The topological polar surface area (TPSA) is 69.6 Å². The van der Waals surface area contributed by atoms with E-state index in [1.54, 1.807) is 4.90 Å². The molecule has 0 radical (unpaired) electrons. The average Bonchev–Trinajstić information content (AvgIpc) is 2.00. The van der Waals surface area contributed by atoms with Crippen molar-refractivity contribution >= 4 is 11.9 Å². The summed E-state index contributed by atoms with van der Waals surface area (Å²) in [6.07, 6.45) is 0. The normalized spacial score (nSPS) is 11.5. The van der Waals surface area contributed by atoms with Crippen molar-refractivity contribution in [2.24, 2.45) is 0 Å². The lowest BCUT2D eigenvalue weighted by atomic mass is 10.1. The van der Waals surface area contributed by atoms with Gasteiger partial charge in [0.1, 0.15) is 0 Å². The zero-order valence-corrected chi connectivity index (χ0v) is 9.13. The third-order valence-corrected chi connectivity index (χ3v) is 1.89. The summed E-state index contributed by atoms with van der Waals surface area (Å²) in [5.41, 5.74) is -0.328. The lowest BCUT2D eigenvalue weighted by Gasteiger charge is -2.33. The number of carbonyl (C=O) groups excluding carboxylic acids is 1. The van der Waals surface area contributed by atoms with Gasteiger partial charge in [0, 0.05) is 12.6 Å². The first-order valence-corrected chi connectivity index (χ1v) is 4.45. The van der Waals surface area contributed by atoms with Gasteiger partial charge in [0.25, 0.3) is 0 Å². The largest absolute Gasteiger partial charge is 0.480 e. The van der Waals surface area contributed by atoms with Crippen LogP contribution in [0, 0.1) is 0 Å². The smallest absolute Gasteiger partial charge is 0.317 e. The first-order valence-electron chi connectivity index (χ1n) is 4.45. The molecule has 2 N–H and O–H groups in total. The molecule has 0 unspecified atom stereocenters. The van der Waals surface area contributed by atoms with Gasteiger partial charge in [-0.05, 0) is 20.8 Å². The van der Waals surface area contributed by atoms with Crippen molar-refractivity contribution in [2.45, 2.75) is 26.3 Å². The maximum absolute atomic E-state index is 11.1. The molecule has 0 aliphatic carbocycles. The van der Waals surface area contributed by atoms with Crippen molar-refractivity contribution in [2.75, 3.05) is 20.1 Å². The number of hydrogen-bond acceptors (Lipinski definition) is 3. The van der Waals surface area contributed by atoms with Gasteiger partial charge in [0.05, 0.1) is 13.1 Å². The summed E-state index contributed by atoms with van der Waals surface area (Å²) >= 11 is 0. The fourth-order valence-corrected chi connectivity index (χ4v) is 0.946. The second-order valence-corrected chi connectivity index (χ2v) is 4.09. The Hall–Kier alpha value is -1.10. The minimum atomic E-state index is -0.927. The molecule has 0 aromatic heterocycles. The molecule has 82 valence electrons. The van der Waals surface area contributed by atoms with Crippen LogP contribution in [-0.4, -0.2) is 47.6 Å². The first kappa shape index (κ1) is 12.9. The van der Waals surface area contributed by atoms with E-state index in [1.807, 2.05) is 20.8 Å². The van der Waals surface area contributed by atoms with E-state index in [2.05, 4.69) is 5.32 Å². The van der Waals surface area contributed by atoms with Crippen LogP contribution in [0.25, 0.3) is 0 Å². The van der Waals surface area contributed by atoms with Gasteiger partial charge < -0.3 is 10.4 Å². The molecule has 0 fully saturated rings. The van der Waals surface area contributed by atoms with E-state index in [0.717, 1.165) is 0 Å². The number of carboxylic acid groups (broad SMARTS) is 1. The zero-order chi connectivity index (χ0) is 11.4. The van der Waals surface area contributed by atoms with Crippen LogP contribution in [0.4, 0.5) is 0 Å². The minimum Gasteiger partial charge on any atom is -0.480 e. The van der Waals surface area contributed by atoms with Crippen LogP contribution in [0.15, 0.2) is 0 Å². The van der Waals surface area contributed by atoms with Crippen LogP contribution >= 0.6 is 0 Å². The Morgan fingerprint density at radius 1 is 1.29 bits per heavy atom. The van der Waals surface area contributed by atoms with E-state index >= 15 is 0 Å². The van der Waals surface area contributed by atoms with Crippen molar-refractivity contribution in [3.8, 4) is 0 Å². The maximum atomic E-state index is 11.1. The number of aliphatic carboxylic acids is 1. The van der Waals surface area contributed by atoms with Gasteiger partial charge >= 0.3 is 5.97 Å². The monoisotopic (exact) mass is 202 g/mol. The fraction of sp³-hybridized carbons (Fsp3) is 0.778. The van der Waals surface area contributed by atoms with E-state index in [1.165, 1.54) is 7.05 Å². The molecule has 0 saturated carbocycles. The van der Waals surface area contributed by atoms with Gasteiger partial charge in [-0.1, -0.05) is 0 Å². The number of hydrogen-bond donors (Lipinski definition) is 2. The number of nitrogens with zero attached hydrogens (tertiary/aromatic N) is 1. The van der Waals surface area contributed by atoms with E-state index in [0.29, 0.717) is 0 Å². The summed E-state index contributed by atoms with van der Waals surface area (Å²) in [4.78, 5) is 23.3. The van der Waals surface area contributed by atoms with Crippen LogP contribution in [0.3, 0.4) is 0 Å². The van der Waals surface area contributed by atoms with Crippen molar-refractivity contribution in [1.82, 2.24) is 10.2 Å². The molecular formula is C9H18N2O3. The molecule has 14 heavy (non-hydrogen) atoms. The Morgan fingerprint density at radius 2 is 1.79 bits per heavy atom. The molecule has 0 aromatic carbocycles. The Kier molecular flexibility index (Phi) is 4.56. The van der Waals surface area contributed by atoms with Crippen LogP contribution in [-0.2, 0) is 9.59 Å². The quantitative estimate of drug-likeness (QED) is 0.669. The lowest BCUT2D eigenvalue weighted by molar-refractivity contribution is -0.140. The highest BCUT2D eigenvalue weighted by atomic mass is 16.4. The number of amides is 1. The molecule has 0 heterocycles. The summed E-state index contributed by atoms with van der Waals surface area (Å²) in [5, 5.41) is 11.1. The number of nitrogens with one attached hydrogen (secondary N) is 1. The van der Waals surface area contributed by atoms with Crippen molar-refractivity contribution in [1.29, 1.82) is 0 Å². The highest BCUT2D eigenvalue weighted by Crippen LogP contribution is 2.11. The molecule has 0 spiro atoms. The summed E-state index contributed by atoms with van der Waals surface area (Å²) in [7, 11) is 1.53. The molecule has 5 nitrogen and oxygen atoms in total. The Morgan fingerprint density at radius 3 is 2.07 bits per heavy atom. The molecule has 5 heteroatoms. The SMILES string of the molecule is CNC(=O)CN(CC(=O)O)C(C)(C)C. The second kappa shape index (κ2) is 4.95. The molecular weight excluding hydrogens is 184 g/mol. The standard InChI is InChI=1S/C9H18N2O3/c1-9(2,3)11(6-8(13)14)5-7(12)10-4/h5-6H2,1-4H3,(H,10,12)(H,13,14). The molecule has 1 amide bonds. The van der Waals surface area contributed by atoms with Crippen molar-refractivity contribution < 1.29 is 14.7 Å². The zero-order valence-electron chi connectivity index (χ0n) is 9.13. The van der Waals surface area contributed by atoms with E-state index in [9.17, 15) is 9.59 Å². The molecule has 0 aliphatic heterocycles. The predicted molar refractivity (Wildman–Crippen MR) is 53.0 cm³/mol. The molecule has 0 rings (SSSR count). The van der Waals surface area contributed by atoms with Gasteiger partial charge in [0.15, 0.2) is 0 Å². The van der Waals surface area contributed by atoms with Gasteiger partial charge in [-0.25, -0.2) is 0 Å². The van der Waals surface area contributed by atoms with Crippen LogP contribution in [0.2, 0.25) is 0 Å². The summed E-state index contributed by atoms with van der Waals surface area (Å²) in [6, 6.07) is 0. The van der Waals surface area contributed by atoms with E-state index in [4.69, 9.17) is 5.11 Å². The third-order valence-electron chi connectivity index (χ3n) is 1.89. The van der Waals surface area contributed by atoms with Gasteiger partial charge in [-0.2, -0.15) is 0 Å². The molecule has 0 bridgehead atoms. The summed E-state index contributed by atoms with van der Waals surface area (Å²) in [6.45, 7) is 5.60.